The molecule has 0 bridgehead atoms. The lowest BCUT2D eigenvalue weighted by atomic mass is 10.1. The van der Waals surface area contributed by atoms with Crippen LogP contribution in [0.3, 0.4) is 0 Å². The summed E-state index contributed by atoms with van der Waals surface area (Å²) >= 11 is 5.82. The number of hydrogen-bond donors (Lipinski definition) is 2. The standard InChI is InChI=1S/C12H16ClNO4/c1-18-11-8-9(13)2-3-10(11)12(17)14(4-6-15)5-7-16/h2-3,8,15-16H,4-7H2,1H3. The van der Waals surface area contributed by atoms with Crippen molar-refractivity contribution in [2.75, 3.05) is 33.4 Å². The number of aliphatic hydroxyl groups is 2. The molecule has 0 heterocycles. The van der Waals surface area contributed by atoms with Crippen LogP contribution in [0.5, 0.6) is 5.75 Å². The van der Waals surface area contributed by atoms with Gasteiger partial charge in [0.1, 0.15) is 5.75 Å². The fourth-order valence-electron chi connectivity index (χ4n) is 1.57. The summed E-state index contributed by atoms with van der Waals surface area (Å²) in [7, 11) is 1.45. The molecule has 1 rings (SSSR count). The Hall–Kier alpha value is -1.30. The van der Waals surface area contributed by atoms with Gasteiger partial charge in [-0.25, -0.2) is 0 Å². The molecule has 18 heavy (non-hydrogen) atoms. The maximum absolute atomic E-state index is 12.2. The van der Waals surface area contributed by atoms with Gasteiger partial charge in [0.15, 0.2) is 0 Å². The third-order valence-electron chi connectivity index (χ3n) is 2.42. The summed E-state index contributed by atoms with van der Waals surface area (Å²) in [6.45, 7) is -0.0142. The van der Waals surface area contributed by atoms with Gasteiger partial charge in [0.05, 0.1) is 25.9 Å². The number of amides is 1. The molecule has 0 atom stereocenters. The van der Waals surface area contributed by atoms with Crippen molar-refractivity contribution in [3.8, 4) is 5.75 Å². The summed E-state index contributed by atoms with van der Waals surface area (Å²) in [5.74, 6) is 0.0556. The number of benzene rings is 1. The molecule has 1 aromatic carbocycles. The van der Waals surface area contributed by atoms with Crippen molar-refractivity contribution in [2.45, 2.75) is 0 Å². The van der Waals surface area contributed by atoms with E-state index in [1.807, 2.05) is 0 Å². The van der Waals surface area contributed by atoms with Crippen LogP contribution in [-0.4, -0.2) is 54.4 Å². The lowest BCUT2D eigenvalue weighted by molar-refractivity contribution is 0.0681. The van der Waals surface area contributed by atoms with Gasteiger partial charge >= 0.3 is 0 Å². The van der Waals surface area contributed by atoms with Crippen molar-refractivity contribution in [1.29, 1.82) is 0 Å². The maximum Gasteiger partial charge on any atom is 0.257 e. The topological polar surface area (TPSA) is 70.0 Å². The molecular formula is C12H16ClNO4. The number of nitrogens with zero attached hydrogens (tertiary/aromatic N) is 1. The molecule has 1 amide bonds. The molecule has 1 aromatic rings. The lowest BCUT2D eigenvalue weighted by Crippen LogP contribution is -2.36. The minimum Gasteiger partial charge on any atom is -0.496 e. The minimum absolute atomic E-state index is 0.158. The fourth-order valence-corrected chi connectivity index (χ4v) is 1.73. The second-order valence-corrected chi connectivity index (χ2v) is 4.02. The van der Waals surface area contributed by atoms with E-state index in [0.717, 1.165) is 0 Å². The predicted octanol–water partition coefficient (Wildman–Crippen LogP) is 0.775. The molecule has 0 saturated carbocycles. The zero-order chi connectivity index (χ0) is 13.5. The molecule has 0 aliphatic rings. The van der Waals surface area contributed by atoms with Crippen LogP contribution in [0.2, 0.25) is 5.02 Å². The summed E-state index contributed by atoms with van der Waals surface area (Å²) in [5.41, 5.74) is 0.351. The second-order valence-electron chi connectivity index (χ2n) is 3.58. The Morgan fingerprint density at radius 1 is 1.33 bits per heavy atom. The SMILES string of the molecule is COc1cc(Cl)ccc1C(=O)N(CCO)CCO. The molecule has 0 saturated heterocycles. The third kappa shape index (κ3) is 3.60. The predicted molar refractivity (Wildman–Crippen MR) is 68.1 cm³/mol. The number of ether oxygens (including phenoxy) is 1. The Bertz CT molecular complexity index is 405. The van der Waals surface area contributed by atoms with Crippen LogP contribution in [0.15, 0.2) is 18.2 Å². The van der Waals surface area contributed by atoms with Gasteiger partial charge in [-0.05, 0) is 18.2 Å². The average Bonchev–Trinajstić information content (AvgIpc) is 2.37. The zero-order valence-electron chi connectivity index (χ0n) is 10.1. The molecule has 0 aliphatic heterocycles. The number of hydrogen-bond acceptors (Lipinski definition) is 4. The van der Waals surface area contributed by atoms with Gasteiger partial charge in [0.2, 0.25) is 0 Å². The van der Waals surface area contributed by atoms with Gasteiger partial charge in [-0.3, -0.25) is 4.79 Å². The molecule has 2 N–H and O–H groups in total. The first kappa shape index (κ1) is 14.8. The first-order valence-corrected chi connectivity index (χ1v) is 5.86. The van der Waals surface area contributed by atoms with Crippen LogP contribution in [0.25, 0.3) is 0 Å². The van der Waals surface area contributed by atoms with E-state index in [0.29, 0.717) is 16.3 Å². The van der Waals surface area contributed by atoms with E-state index in [9.17, 15) is 4.79 Å². The molecule has 0 unspecified atom stereocenters. The first-order chi connectivity index (χ1) is 8.63. The highest BCUT2D eigenvalue weighted by molar-refractivity contribution is 6.30. The molecule has 5 nitrogen and oxygen atoms in total. The van der Waals surface area contributed by atoms with Gasteiger partial charge in [-0.15, -0.1) is 0 Å². The Morgan fingerprint density at radius 2 is 1.94 bits per heavy atom. The van der Waals surface area contributed by atoms with Crippen LogP contribution >= 0.6 is 11.6 Å². The molecule has 0 aromatic heterocycles. The van der Waals surface area contributed by atoms with Crippen LogP contribution in [0.4, 0.5) is 0 Å². The van der Waals surface area contributed by atoms with E-state index in [1.54, 1.807) is 18.2 Å². The number of aliphatic hydroxyl groups excluding tert-OH is 2. The normalized spacial score (nSPS) is 10.2. The van der Waals surface area contributed by atoms with E-state index < -0.39 is 0 Å². The van der Waals surface area contributed by atoms with Gasteiger partial charge in [-0.1, -0.05) is 11.6 Å². The summed E-state index contributed by atoms with van der Waals surface area (Å²) in [6.07, 6.45) is 0. The molecule has 100 valence electrons. The molecule has 0 radical (unpaired) electrons. The van der Waals surface area contributed by atoms with Crippen molar-refractivity contribution < 1.29 is 19.7 Å². The van der Waals surface area contributed by atoms with Crippen molar-refractivity contribution in [3.05, 3.63) is 28.8 Å². The van der Waals surface area contributed by atoms with E-state index in [2.05, 4.69) is 0 Å². The van der Waals surface area contributed by atoms with E-state index >= 15 is 0 Å². The molecule has 6 heteroatoms. The van der Waals surface area contributed by atoms with Gasteiger partial charge < -0.3 is 19.8 Å². The minimum atomic E-state index is -0.313. The highest BCUT2D eigenvalue weighted by Crippen LogP contribution is 2.24. The molecule has 0 aliphatic carbocycles. The Morgan fingerprint density at radius 3 is 2.44 bits per heavy atom. The number of rotatable bonds is 6. The smallest absolute Gasteiger partial charge is 0.257 e. The van der Waals surface area contributed by atoms with Crippen LogP contribution in [0, 0.1) is 0 Å². The number of methoxy groups -OCH3 is 1. The third-order valence-corrected chi connectivity index (χ3v) is 2.66. The van der Waals surface area contributed by atoms with E-state index in [-0.39, 0.29) is 32.2 Å². The monoisotopic (exact) mass is 273 g/mol. The number of halogens is 1. The van der Waals surface area contributed by atoms with Crippen molar-refractivity contribution in [2.24, 2.45) is 0 Å². The highest BCUT2D eigenvalue weighted by Gasteiger charge is 2.19. The lowest BCUT2D eigenvalue weighted by Gasteiger charge is -2.21. The fraction of sp³-hybridized carbons (Fsp3) is 0.417. The van der Waals surface area contributed by atoms with Crippen LogP contribution < -0.4 is 4.74 Å². The Labute approximate surface area is 111 Å². The highest BCUT2D eigenvalue weighted by atomic mass is 35.5. The quantitative estimate of drug-likeness (QED) is 0.803. The summed E-state index contributed by atoms with van der Waals surface area (Å²) < 4.78 is 5.10. The van der Waals surface area contributed by atoms with E-state index in [4.69, 9.17) is 26.6 Å². The summed E-state index contributed by atoms with van der Waals surface area (Å²) in [4.78, 5) is 13.5. The van der Waals surface area contributed by atoms with Crippen molar-refractivity contribution in [1.82, 2.24) is 4.90 Å². The van der Waals surface area contributed by atoms with Gasteiger partial charge in [0, 0.05) is 18.1 Å². The van der Waals surface area contributed by atoms with Gasteiger partial charge in [0.25, 0.3) is 5.91 Å². The number of carbonyl (C=O) groups excluding carboxylic acids is 1. The van der Waals surface area contributed by atoms with Crippen molar-refractivity contribution >= 4 is 17.5 Å². The van der Waals surface area contributed by atoms with Crippen LogP contribution in [0.1, 0.15) is 10.4 Å². The first-order valence-electron chi connectivity index (χ1n) is 5.48. The Balaban J connectivity index is 3.00. The Kier molecular flexibility index (Phi) is 5.91. The van der Waals surface area contributed by atoms with Gasteiger partial charge in [-0.2, -0.15) is 0 Å². The van der Waals surface area contributed by atoms with Crippen molar-refractivity contribution in [3.63, 3.8) is 0 Å². The zero-order valence-corrected chi connectivity index (χ0v) is 10.9. The van der Waals surface area contributed by atoms with Crippen LogP contribution in [-0.2, 0) is 0 Å². The second kappa shape index (κ2) is 7.20. The maximum atomic E-state index is 12.2. The average molecular weight is 274 g/mol. The molecule has 0 fully saturated rings. The largest absolute Gasteiger partial charge is 0.496 e. The molecule has 0 spiro atoms. The molecular weight excluding hydrogens is 258 g/mol. The summed E-state index contributed by atoms with van der Waals surface area (Å²) in [5, 5.41) is 18.3. The summed E-state index contributed by atoms with van der Waals surface area (Å²) in [6, 6.07) is 4.70. The number of carbonyl (C=O) groups is 1. The van der Waals surface area contributed by atoms with E-state index in [1.165, 1.54) is 12.0 Å².